The van der Waals surface area contributed by atoms with E-state index in [1.807, 2.05) is 0 Å². The molecule has 178 valence electrons. The molecular formula is C20H27F4N5O3. The fraction of sp³-hybridized carbons (Fsp3) is 0.500. The third-order valence-electron chi connectivity index (χ3n) is 4.42. The van der Waals surface area contributed by atoms with E-state index in [9.17, 15) is 27.5 Å². The number of nitrogen functional groups attached to an aromatic ring is 1. The molecule has 1 amide bonds. The van der Waals surface area contributed by atoms with E-state index in [0.29, 0.717) is 5.69 Å². The molecule has 8 nitrogen and oxygen atoms in total. The highest BCUT2D eigenvalue weighted by Crippen LogP contribution is 2.29. The molecule has 0 fully saturated rings. The van der Waals surface area contributed by atoms with Crippen LogP contribution in [0.3, 0.4) is 0 Å². The summed E-state index contributed by atoms with van der Waals surface area (Å²) >= 11 is 0. The smallest absolute Gasteiger partial charge is 0.383 e. The standard InChI is InChI=1S/C20H27F4N5O3/c1-18(2,3)32-9-8-26-11-19(31,20(22,23)24)12-27-17(30)15-10-28-29(16(15)25)14-6-4-13(21)5-7-14/h4-7,10,26,31H,8-9,11-12,25H2,1-3H3,(H,27,30). The fourth-order valence-electron chi connectivity index (χ4n) is 2.63. The van der Waals surface area contributed by atoms with Crippen molar-refractivity contribution in [2.24, 2.45) is 0 Å². The Morgan fingerprint density at radius 1 is 1.19 bits per heavy atom. The quantitative estimate of drug-likeness (QED) is 0.336. The van der Waals surface area contributed by atoms with E-state index < -0.39 is 42.2 Å². The number of nitrogens with two attached hydrogens (primary N) is 1. The largest absolute Gasteiger partial charge is 0.420 e. The van der Waals surface area contributed by atoms with Crippen LogP contribution in [0.15, 0.2) is 30.5 Å². The van der Waals surface area contributed by atoms with Gasteiger partial charge in [0.1, 0.15) is 17.2 Å². The van der Waals surface area contributed by atoms with Crippen LogP contribution in [0.4, 0.5) is 23.4 Å². The van der Waals surface area contributed by atoms with Crippen molar-refractivity contribution >= 4 is 11.7 Å². The van der Waals surface area contributed by atoms with Gasteiger partial charge in [0.25, 0.3) is 5.91 Å². The number of carbonyl (C=O) groups excluding carboxylic acids is 1. The monoisotopic (exact) mass is 461 g/mol. The number of rotatable bonds is 9. The highest BCUT2D eigenvalue weighted by Gasteiger charge is 2.53. The van der Waals surface area contributed by atoms with Crippen molar-refractivity contribution in [3.05, 3.63) is 41.8 Å². The average Bonchev–Trinajstić information content (AvgIpc) is 3.06. The van der Waals surface area contributed by atoms with Crippen LogP contribution in [0.1, 0.15) is 31.1 Å². The minimum absolute atomic E-state index is 0.0704. The Morgan fingerprint density at radius 2 is 1.81 bits per heavy atom. The summed E-state index contributed by atoms with van der Waals surface area (Å²) in [4.78, 5) is 12.4. The van der Waals surface area contributed by atoms with Crippen LogP contribution in [0.25, 0.3) is 5.69 Å². The Bertz CT molecular complexity index is 909. The van der Waals surface area contributed by atoms with Gasteiger partial charge in [-0.2, -0.15) is 18.3 Å². The molecule has 2 aromatic rings. The average molecular weight is 461 g/mol. The minimum Gasteiger partial charge on any atom is -0.383 e. The number of ether oxygens (including phenoxy) is 1. The second-order valence-electron chi connectivity index (χ2n) is 8.18. The van der Waals surface area contributed by atoms with Crippen LogP contribution in [0.2, 0.25) is 0 Å². The molecule has 0 aliphatic carbocycles. The molecule has 1 unspecified atom stereocenters. The lowest BCUT2D eigenvalue weighted by Crippen LogP contribution is -2.59. The molecule has 12 heteroatoms. The van der Waals surface area contributed by atoms with Crippen LogP contribution < -0.4 is 16.4 Å². The number of hydrogen-bond donors (Lipinski definition) is 4. The van der Waals surface area contributed by atoms with Gasteiger partial charge in [-0.25, -0.2) is 9.07 Å². The predicted octanol–water partition coefficient (Wildman–Crippen LogP) is 2.02. The first-order chi connectivity index (χ1) is 14.7. The van der Waals surface area contributed by atoms with Gasteiger partial charge >= 0.3 is 6.18 Å². The molecule has 0 spiro atoms. The number of alkyl halides is 3. The van der Waals surface area contributed by atoms with Crippen molar-refractivity contribution in [3.8, 4) is 5.69 Å². The molecule has 1 aromatic heterocycles. The number of hydrogen-bond acceptors (Lipinski definition) is 6. The third kappa shape index (κ3) is 6.65. The van der Waals surface area contributed by atoms with Crippen molar-refractivity contribution < 1.29 is 32.2 Å². The highest BCUT2D eigenvalue weighted by molar-refractivity contribution is 5.98. The van der Waals surface area contributed by atoms with Crippen molar-refractivity contribution in [3.63, 3.8) is 0 Å². The first-order valence-corrected chi connectivity index (χ1v) is 9.75. The molecule has 1 aromatic carbocycles. The van der Waals surface area contributed by atoms with E-state index in [1.165, 1.54) is 24.3 Å². The molecule has 2 rings (SSSR count). The summed E-state index contributed by atoms with van der Waals surface area (Å²) in [6.07, 6.45) is -3.94. The number of nitrogens with one attached hydrogen (secondary N) is 2. The van der Waals surface area contributed by atoms with Gasteiger partial charge in [0.15, 0.2) is 5.60 Å². The lowest BCUT2D eigenvalue weighted by atomic mass is 10.0. The van der Waals surface area contributed by atoms with Crippen molar-refractivity contribution in [1.82, 2.24) is 20.4 Å². The first-order valence-electron chi connectivity index (χ1n) is 9.75. The molecule has 0 aliphatic heterocycles. The maximum atomic E-state index is 13.4. The maximum absolute atomic E-state index is 13.4. The topological polar surface area (TPSA) is 114 Å². The zero-order valence-electron chi connectivity index (χ0n) is 18.0. The zero-order chi connectivity index (χ0) is 24.2. The Hall–Kier alpha value is -2.70. The van der Waals surface area contributed by atoms with Crippen LogP contribution in [0, 0.1) is 5.82 Å². The van der Waals surface area contributed by atoms with E-state index in [1.54, 1.807) is 20.8 Å². The second kappa shape index (κ2) is 9.84. The van der Waals surface area contributed by atoms with Gasteiger partial charge in [-0.1, -0.05) is 0 Å². The molecule has 0 saturated heterocycles. The van der Waals surface area contributed by atoms with Crippen LogP contribution in [0.5, 0.6) is 0 Å². The molecule has 1 heterocycles. The molecular weight excluding hydrogens is 434 g/mol. The van der Waals surface area contributed by atoms with Crippen LogP contribution >= 0.6 is 0 Å². The number of amides is 1. The molecule has 0 saturated carbocycles. The number of nitrogens with zero attached hydrogens (tertiary/aromatic N) is 2. The molecule has 0 aliphatic rings. The minimum atomic E-state index is -5.01. The summed E-state index contributed by atoms with van der Waals surface area (Å²) in [5.41, 5.74) is 2.38. The molecule has 32 heavy (non-hydrogen) atoms. The number of aromatic nitrogens is 2. The highest BCUT2D eigenvalue weighted by atomic mass is 19.4. The van der Waals surface area contributed by atoms with Crippen molar-refractivity contribution in [2.45, 2.75) is 38.1 Å². The molecule has 1 atom stereocenters. The third-order valence-corrected chi connectivity index (χ3v) is 4.42. The fourth-order valence-corrected chi connectivity index (χ4v) is 2.63. The summed E-state index contributed by atoms with van der Waals surface area (Å²) in [5, 5.41) is 18.6. The summed E-state index contributed by atoms with van der Waals surface area (Å²) in [5.74, 6) is -1.58. The number of benzene rings is 1. The number of carbonyl (C=O) groups is 1. The second-order valence-corrected chi connectivity index (χ2v) is 8.18. The Balaban J connectivity index is 2.02. The Labute approximate surface area is 182 Å². The normalized spacial score (nSPS) is 14.2. The van der Waals surface area contributed by atoms with Gasteiger partial charge in [-0.15, -0.1) is 0 Å². The summed E-state index contributed by atoms with van der Waals surface area (Å²) < 4.78 is 60.0. The number of halogens is 4. The van der Waals surface area contributed by atoms with Crippen LogP contribution in [-0.2, 0) is 4.74 Å². The number of aliphatic hydroxyl groups is 1. The molecule has 0 radical (unpaired) electrons. The Morgan fingerprint density at radius 3 is 2.38 bits per heavy atom. The van der Waals surface area contributed by atoms with Crippen LogP contribution in [-0.4, -0.2) is 64.4 Å². The van der Waals surface area contributed by atoms with Crippen molar-refractivity contribution in [1.29, 1.82) is 0 Å². The van der Waals surface area contributed by atoms with Gasteiger partial charge in [-0.05, 0) is 45.0 Å². The number of anilines is 1. The lowest BCUT2D eigenvalue weighted by Gasteiger charge is -2.31. The first kappa shape index (κ1) is 25.6. The van der Waals surface area contributed by atoms with E-state index in [-0.39, 0.29) is 24.5 Å². The van der Waals surface area contributed by atoms with E-state index in [2.05, 4.69) is 15.7 Å². The lowest BCUT2D eigenvalue weighted by molar-refractivity contribution is -0.255. The van der Waals surface area contributed by atoms with Gasteiger partial charge in [0, 0.05) is 13.1 Å². The summed E-state index contributed by atoms with van der Waals surface area (Å²) in [6.45, 7) is 3.66. The molecule has 0 bridgehead atoms. The molecule has 5 N–H and O–H groups in total. The van der Waals surface area contributed by atoms with E-state index in [4.69, 9.17) is 10.5 Å². The zero-order valence-corrected chi connectivity index (χ0v) is 18.0. The SMILES string of the molecule is CC(C)(C)OCCNCC(O)(CNC(=O)c1cnn(-c2ccc(F)cc2)c1N)C(F)(F)F. The van der Waals surface area contributed by atoms with Crippen molar-refractivity contribution in [2.75, 3.05) is 32.0 Å². The Kier molecular flexibility index (Phi) is 7.86. The van der Waals surface area contributed by atoms with Gasteiger partial charge in [0.2, 0.25) is 0 Å². The summed E-state index contributed by atoms with van der Waals surface area (Å²) in [6, 6.07) is 5.08. The van der Waals surface area contributed by atoms with Gasteiger partial charge in [0.05, 0.1) is 30.6 Å². The van der Waals surface area contributed by atoms with Gasteiger partial charge in [-0.3, -0.25) is 4.79 Å². The van der Waals surface area contributed by atoms with Gasteiger partial charge < -0.3 is 26.2 Å². The van der Waals surface area contributed by atoms with E-state index >= 15 is 0 Å². The van der Waals surface area contributed by atoms with E-state index in [0.717, 1.165) is 10.9 Å². The maximum Gasteiger partial charge on any atom is 0.420 e. The summed E-state index contributed by atoms with van der Waals surface area (Å²) in [7, 11) is 0. The predicted molar refractivity (Wildman–Crippen MR) is 110 cm³/mol.